The molecule has 5 rings (SSSR count). The van der Waals surface area contributed by atoms with Crippen molar-refractivity contribution in [3.05, 3.63) is 29.2 Å². The zero-order valence-electron chi connectivity index (χ0n) is 15.0. The summed E-state index contributed by atoms with van der Waals surface area (Å²) in [5.41, 5.74) is 0.462. The Balaban J connectivity index is 1.48. The molecule has 2 fully saturated rings. The van der Waals surface area contributed by atoms with Gasteiger partial charge in [0.1, 0.15) is 5.00 Å². The number of carboxylic acid groups (broad SMARTS) is 1. The van der Waals surface area contributed by atoms with Crippen LogP contribution in [0.25, 0.3) is 0 Å². The van der Waals surface area contributed by atoms with Crippen LogP contribution in [0.15, 0.2) is 23.6 Å². The summed E-state index contributed by atoms with van der Waals surface area (Å²) in [4.78, 5) is 37.3. The van der Waals surface area contributed by atoms with Crippen molar-refractivity contribution in [1.29, 1.82) is 0 Å². The van der Waals surface area contributed by atoms with Gasteiger partial charge < -0.3 is 15.7 Å². The van der Waals surface area contributed by atoms with Crippen molar-refractivity contribution in [2.75, 3.05) is 5.32 Å². The van der Waals surface area contributed by atoms with Crippen LogP contribution in [0.1, 0.15) is 48.9 Å². The Kier molecular flexibility index (Phi) is 5.04. The molecule has 3 N–H and O–H groups in total. The average Bonchev–Trinajstić information content (AvgIpc) is 3.33. The lowest BCUT2D eigenvalue weighted by Gasteiger charge is -2.41. The van der Waals surface area contributed by atoms with E-state index in [-0.39, 0.29) is 29.7 Å². The van der Waals surface area contributed by atoms with Gasteiger partial charge in [-0.2, -0.15) is 0 Å². The van der Waals surface area contributed by atoms with Gasteiger partial charge >= 0.3 is 5.97 Å². The fourth-order valence-corrected chi connectivity index (χ4v) is 5.59. The van der Waals surface area contributed by atoms with Gasteiger partial charge in [-0.1, -0.05) is 25.0 Å². The van der Waals surface area contributed by atoms with Crippen LogP contribution in [0, 0.1) is 23.7 Å². The highest BCUT2D eigenvalue weighted by Crippen LogP contribution is 2.45. The molecule has 1 aromatic heterocycles. The van der Waals surface area contributed by atoms with Crippen molar-refractivity contribution in [3.8, 4) is 0 Å². The second kappa shape index (κ2) is 7.46. The molecule has 7 heteroatoms. The lowest BCUT2D eigenvalue weighted by Crippen LogP contribution is -2.47. The van der Waals surface area contributed by atoms with Crippen molar-refractivity contribution >= 4 is 34.1 Å². The van der Waals surface area contributed by atoms with Crippen LogP contribution in [0.2, 0.25) is 0 Å². The van der Waals surface area contributed by atoms with Gasteiger partial charge in [0.25, 0.3) is 5.91 Å². The van der Waals surface area contributed by atoms with E-state index in [9.17, 15) is 19.5 Å². The zero-order valence-corrected chi connectivity index (χ0v) is 15.8. The normalized spacial score (nSPS) is 29.6. The molecule has 0 aromatic carbocycles. The molecular weight excluding hydrogens is 364 g/mol. The fraction of sp³-hybridized carbons (Fsp3) is 0.550. The van der Waals surface area contributed by atoms with E-state index in [1.54, 1.807) is 11.4 Å². The SMILES string of the molecule is O=C(NC1CCCC1)c1ccsc1NC(=O)[C@@H]1[C@@H](C(=O)O)[C@H]2C=C[C@@H]1CC2. The van der Waals surface area contributed by atoms with Crippen molar-refractivity contribution in [2.24, 2.45) is 23.7 Å². The second-order valence-electron chi connectivity index (χ2n) is 7.79. The molecule has 4 aliphatic carbocycles. The first kappa shape index (κ1) is 18.2. The van der Waals surface area contributed by atoms with Gasteiger partial charge in [0.15, 0.2) is 0 Å². The largest absolute Gasteiger partial charge is 0.481 e. The highest BCUT2D eigenvalue weighted by atomic mass is 32.1. The topological polar surface area (TPSA) is 95.5 Å². The summed E-state index contributed by atoms with van der Waals surface area (Å²) in [6.07, 6.45) is 9.84. The molecule has 0 spiro atoms. The van der Waals surface area contributed by atoms with E-state index in [2.05, 4.69) is 10.6 Å². The third-order valence-corrected chi connectivity index (χ3v) is 7.00. The van der Waals surface area contributed by atoms with Crippen molar-refractivity contribution in [1.82, 2.24) is 5.32 Å². The number of rotatable bonds is 5. The Morgan fingerprint density at radius 3 is 2.30 bits per heavy atom. The van der Waals surface area contributed by atoms with Crippen LogP contribution in [0.3, 0.4) is 0 Å². The third kappa shape index (κ3) is 3.52. The average molecular weight is 388 g/mol. The highest BCUT2D eigenvalue weighted by Gasteiger charge is 2.48. The van der Waals surface area contributed by atoms with E-state index in [0.29, 0.717) is 10.6 Å². The highest BCUT2D eigenvalue weighted by molar-refractivity contribution is 7.14. The van der Waals surface area contributed by atoms with E-state index in [0.717, 1.165) is 38.5 Å². The first-order valence-corrected chi connectivity index (χ1v) is 10.5. The number of carbonyl (C=O) groups is 3. The minimum atomic E-state index is -0.917. The molecule has 1 aromatic rings. The minimum Gasteiger partial charge on any atom is -0.481 e. The molecule has 6 nitrogen and oxygen atoms in total. The van der Waals surface area contributed by atoms with Crippen LogP contribution in [-0.4, -0.2) is 28.9 Å². The Morgan fingerprint density at radius 1 is 1.00 bits per heavy atom. The minimum absolute atomic E-state index is 0.0492. The molecule has 27 heavy (non-hydrogen) atoms. The maximum Gasteiger partial charge on any atom is 0.307 e. The Hall–Kier alpha value is -2.15. The van der Waals surface area contributed by atoms with Gasteiger partial charge in [-0.25, -0.2) is 0 Å². The van der Waals surface area contributed by atoms with E-state index >= 15 is 0 Å². The molecular formula is C20H24N2O4S. The molecule has 144 valence electrons. The number of aliphatic carboxylic acids is 1. The number of thiophene rings is 1. The summed E-state index contributed by atoms with van der Waals surface area (Å²) in [6.45, 7) is 0. The van der Waals surface area contributed by atoms with Gasteiger partial charge in [-0.05, 0) is 49.0 Å². The number of hydrogen-bond donors (Lipinski definition) is 3. The van der Waals surface area contributed by atoms with Crippen LogP contribution >= 0.6 is 11.3 Å². The van der Waals surface area contributed by atoms with Crippen molar-refractivity contribution < 1.29 is 19.5 Å². The predicted octanol–water partition coefficient (Wildman–Crippen LogP) is 3.27. The predicted molar refractivity (Wildman–Crippen MR) is 103 cm³/mol. The van der Waals surface area contributed by atoms with Gasteiger partial charge in [-0.15, -0.1) is 11.3 Å². The van der Waals surface area contributed by atoms with E-state index in [1.807, 2.05) is 12.2 Å². The maximum absolute atomic E-state index is 13.0. The fourth-order valence-electron chi connectivity index (χ4n) is 4.80. The summed E-state index contributed by atoms with van der Waals surface area (Å²) in [5.74, 6) is -2.79. The molecule has 4 atom stereocenters. The second-order valence-corrected chi connectivity index (χ2v) is 8.70. The molecule has 0 saturated heterocycles. The Morgan fingerprint density at radius 2 is 1.67 bits per heavy atom. The lowest BCUT2D eigenvalue weighted by atomic mass is 9.62. The number of carbonyl (C=O) groups excluding carboxylic acids is 2. The maximum atomic E-state index is 13.0. The number of hydrogen-bond acceptors (Lipinski definition) is 4. The zero-order chi connectivity index (χ0) is 19.0. The molecule has 0 unspecified atom stereocenters. The molecule has 0 aliphatic heterocycles. The van der Waals surface area contributed by atoms with Crippen LogP contribution in [-0.2, 0) is 9.59 Å². The number of nitrogens with one attached hydrogen (secondary N) is 2. The first-order chi connectivity index (χ1) is 13.0. The molecule has 2 amide bonds. The molecule has 2 saturated carbocycles. The van der Waals surface area contributed by atoms with Crippen LogP contribution in [0.4, 0.5) is 5.00 Å². The van der Waals surface area contributed by atoms with E-state index < -0.39 is 17.8 Å². The van der Waals surface area contributed by atoms with Crippen LogP contribution < -0.4 is 10.6 Å². The van der Waals surface area contributed by atoms with Gasteiger partial charge in [0.05, 0.1) is 17.4 Å². The number of carboxylic acids is 1. The number of anilines is 1. The summed E-state index contributed by atoms with van der Waals surface area (Å²) < 4.78 is 0. The van der Waals surface area contributed by atoms with Crippen molar-refractivity contribution in [2.45, 2.75) is 44.6 Å². The van der Waals surface area contributed by atoms with Gasteiger partial charge in [-0.3, -0.25) is 14.4 Å². The third-order valence-electron chi connectivity index (χ3n) is 6.17. The lowest BCUT2D eigenvalue weighted by molar-refractivity contribution is -0.151. The summed E-state index contributed by atoms with van der Waals surface area (Å²) in [6, 6.07) is 1.92. The Bertz CT molecular complexity index is 781. The van der Waals surface area contributed by atoms with Gasteiger partial charge in [0.2, 0.25) is 5.91 Å². The number of allylic oxidation sites excluding steroid dienone is 2. The van der Waals surface area contributed by atoms with Crippen LogP contribution in [0.5, 0.6) is 0 Å². The molecule has 4 aliphatic rings. The van der Waals surface area contributed by atoms with E-state index in [1.165, 1.54) is 11.3 Å². The number of amides is 2. The quantitative estimate of drug-likeness (QED) is 0.675. The monoisotopic (exact) mass is 388 g/mol. The Labute approximate surface area is 162 Å². The number of fused-ring (bicyclic) bond motifs is 2. The summed E-state index contributed by atoms with van der Waals surface area (Å²) in [7, 11) is 0. The van der Waals surface area contributed by atoms with E-state index in [4.69, 9.17) is 0 Å². The standard InChI is InChI=1S/C20H24N2O4S/c23-17(21-13-3-1-2-4-13)14-9-10-27-19(14)22-18(24)15-11-5-7-12(8-6-11)16(15)20(25)26/h5,7,9-13,15-16H,1-4,6,8H2,(H,21,23)(H,22,24)(H,25,26)/t11-,12+,15+,16+/m1/s1. The molecule has 2 bridgehead atoms. The summed E-state index contributed by atoms with van der Waals surface area (Å²) in [5, 5.41) is 17.8. The molecule has 1 heterocycles. The first-order valence-electron chi connectivity index (χ1n) is 9.65. The summed E-state index contributed by atoms with van der Waals surface area (Å²) >= 11 is 1.30. The van der Waals surface area contributed by atoms with Gasteiger partial charge in [0, 0.05) is 6.04 Å². The smallest absolute Gasteiger partial charge is 0.307 e. The van der Waals surface area contributed by atoms with Crippen molar-refractivity contribution in [3.63, 3.8) is 0 Å². The molecule has 0 radical (unpaired) electrons.